The summed E-state index contributed by atoms with van der Waals surface area (Å²) in [6, 6.07) is 17.3. The van der Waals surface area contributed by atoms with Crippen molar-refractivity contribution in [1.82, 2.24) is 10.6 Å². The SMILES string of the molecule is Cc1cccc(COc2ccc(Sc3ccoc3C3(C(C)C)NC(=O)NC3=O)cc2)c1. The number of furan rings is 1. The fourth-order valence-electron chi connectivity index (χ4n) is 3.66. The standard InChI is InChI=1S/C24H24N2O4S/c1-15(2)24(22(27)25-23(28)26-24)21-20(11-12-29-21)31-19-9-7-18(8-10-19)30-14-17-6-4-5-16(3)13-17/h4-13,15H,14H2,1-3H3,(H2,25,26,27,28). The van der Waals surface area contributed by atoms with Crippen LogP contribution in [0.2, 0.25) is 0 Å². The van der Waals surface area contributed by atoms with Gasteiger partial charge in [-0.1, -0.05) is 55.4 Å². The zero-order valence-corrected chi connectivity index (χ0v) is 18.4. The topological polar surface area (TPSA) is 80.6 Å². The lowest BCUT2D eigenvalue weighted by molar-refractivity contribution is -0.126. The Balaban J connectivity index is 1.49. The Kier molecular flexibility index (Phi) is 5.78. The third kappa shape index (κ3) is 4.18. The summed E-state index contributed by atoms with van der Waals surface area (Å²) in [5.74, 6) is 0.626. The van der Waals surface area contributed by atoms with E-state index in [2.05, 4.69) is 29.7 Å². The average Bonchev–Trinajstić information content (AvgIpc) is 3.31. The van der Waals surface area contributed by atoms with Gasteiger partial charge in [-0.05, 0) is 48.7 Å². The Labute approximate surface area is 185 Å². The summed E-state index contributed by atoms with van der Waals surface area (Å²) in [5, 5.41) is 5.10. The van der Waals surface area contributed by atoms with Crippen LogP contribution in [-0.2, 0) is 16.9 Å². The van der Waals surface area contributed by atoms with Gasteiger partial charge in [0.2, 0.25) is 0 Å². The van der Waals surface area contributed by atoms with E-state index in [1.807, 2.05) is 56.3 Å². The van der Waals surface area contributed by atoms with Crippen LogP contribution in [0.3, 0.4) is 0 Å². The van der Waals surface area contributed by atoms with Crippen molar-refractivity contribution in [1.29, 1.82) is 0 Å². The van der Waals surface area contributed by atoms with Gasteiger partial charge in [0.15, 0.2) is 11.3 Å². The molecule has 1 aliphatic rings. The number of ether oxygens (including phenoxy) is 1. The molecule has 1 fully saturated rings. The summed E-state index contributed by atoms with van der Waals surface area (Å²) < 4.78 is 11.6. The zero-order chi connectivity index (χ0) is 22.0. The second kappa shape index (κ2) is 8.51. The first kappa shape index (κ1) is 21.1. The lowest BCUT2D eigenvalue weighted by Gasteiger charge is -2.28. The molecule has 160 valence electrons. The van der Waals surface area contributed by atoms with E-state index in [0.717, 1.165) is 21.1 Å². The van der Waals surface area contributed by atoms with E-state index in [4.69, 9.17) is 9.15 Å². The van der Waals surface area contributed by atoms with Crippen molar-refractivity contribution in [2.75, 3.05) is 0 Å². The molecule has 3 aromatic rings. The van der Waals surface area contributed by atoms with Gasteiger partial charge in [0.1, 0.15) is 12.4 Å². The van der Waals surface area contributed by atoms with Gasteiger partial charge >= 0.3 is 6.03 Å². The highest BCUT2D eigenvalue weighted by Gasteiger charge is 2.53. The summed E-state index contributed by atoms with van der Waals surface area (Å²) in [4.78, 5) is 26.2. The van der Waals surface area contributed by atoms with E-state index in [-0.39, 0.29) is 5.92 Å². The van der Waals surface area contributed by atoms with Crippen molar-refractivity contribution in [3.63, 3.8) is 0 Å². The number of benzene rings is 2. The van der Waals surface area contributed by atoms with Crippen molar-refractivity contribution in [2.24, 2.45) is 5.92 Å². The van der Waals surface area contributed by atoms with Gasteiger partial charge in [-0.25, -0.2) is 4.79 Å². The third-order valence-electron chi connectivity index (χ3n) is 5.29. The summed E-state index contributed by atoms with van der Waals surface area (Å²) >= 11 is 1.47. The number of carbonyl (C=O) groups is 2. The Morgan fingerprint density at radius 3 is 2.52 bits per heavy atom. The summed E-state index contributed by atoms with van der Waals surface area (Å²) in [5.41, 5.74) is 1.10. The Morgan fingerprint density at radius 1 is 1.10 bits per heavy atom. The highest BCUT2D eigenvalue weighted by atomic mass is 32.2. The minimum absolute atomic E-state index is 0.193. The average molecular weight is 437 g/mol. The molecule has 0 spiro atoms. The number of urea groups is 1. The maximum Gasteiger partial charge on any atom is 0.322 e. The molecule has 2 N–H and O–H groups in total. The maximum absolute atomic E-state index is 12.6. The molecule has 31 heavy (non-hydrogen) atoms. The number of nitrogens with one attached hydrogen (secondary N) is 2. The monoisotopic (exact) mass is 436 g/mol. The molecule has 1 unspecified atom stereocenters. The van der Waals surface area contributed by atoms with Crippen LogP contribution in [0, 0.1) is 12.8 Å². The van der Waals surface area contributed by atoms with E-state index in [0.29, 0.717) is 12.4 Å². The van der Waals surface area contributed by atoms with Crippen molar-refractivity contribution < 1.29 is 18.7 Å². The van der Waals surface area contributed by atoms with E-state index < -0.39 is 17.5 Å². The fraction of sp³-hybridized carbons (Fsp3) is 0.250. The minimum atomic E-state index is -1.22. The molecular weight excluding hydrogens is 412 g/mol. The van der Waals surface area contributed by atoms with Crippen LogP contribution in [0.15, 0.2) is 75.1 Å². The summed E-state index contributed by atoms with van der Waals surface area (Å²) in [6.45, 7) is 6.32. The van der Waals surface area contributed by atoms with Crippen molar-refractivity contribution >= 4 is 23.7 Å². The highest BCUT2D eigenvalue weighted by Crippen LogP contribution is 2.41. The number of imide groups is 1. The van der Waals surface area contributed by atoms with E-state index in [1.165, 1.54) is 17.3 Å². The quantitative estimate of drug-likeness (QED) is 0.509. The van der Waals surface area contributed by atoms with Crippen LogP contribution >= 0.6 is 11.8 Å². The fourth-order valence-corrected chi connectivity index (χ4v) is 4.61. The van der Waals surface area contributed by atoms with Crippen molar-refractivity contribution in [2.45, 2.75) is 42.7 Å². The van der Waals surface area contributed by atoms with Crippen molar-refractivity contribution in [3.05, 3.63) is 77.7 Å². The first-order valence-electron chi connectivity index (χ1n) is 10.1. The lowest BCUT2D eigenvalue weighted by Crippen LogP contribution is -2.48. The van der Waals surface area contributed by atoms with Crippen LogP contribution < -0.4 is 15.4 Å². The molecule has 0 radical (unpaired) electrons. The molecule has 1 aliphatic heterocycles. The normalized spacial score (nSPS) is 18.2. The van der Waals surface area contributed by atoms with Gasteiger partial charge in [-0.2, -0.15) is 0 Å². The highest BCUT2D eigenvalue weighted by molar-refractivity contribution is 7.99. The molecule has 6 nitrogen and oxygen atoms in total. The van der Waals surface area contributed by atoms with Gasteiger partial charge in [-0.3, -0.25) is 10.1 Å². The lowest BCUT2D eigenvalue weighted by atomic mass is 9.84. The molecular formula is C24H24N2O4S. The molecule has 0 saturated carbocycles. The number of hydrogen-bond acceptors (Lipinski definition) is 5. The smallest absolute Gasteiger partial charge is 0.322 e. The second-order valence-electron chi connectivity index (χ2n) is 7.84. The molecule has 3 amide bonds. The maximum atomic E-state index is 12.6. The van der Waals surface area contributed by atoms with Gasteiger partial charge < -0.3 is 14.5 Å². The molecule has 0 aliphatic carbocycles. The first-order chi connectivity index (χ1) is 14.9. The third-order valence-corrected chi connectivity index (χ3v) is 6.34. The Bertz CT molecular complexity index is 1110. The van der Waals surface area contributed by atoms with Crippen LogP contribution in [0.1, 0.15) is 30.7 Å². The van der Waals surface area contributed by atoms with Gasteiger partial charge in [0.25, 0.3) is 5.91 Å². The van der Waals surface area contributed by atoms with Gasteiger partial charge in [-0.15, -0.1) is 0 Å². The van der Waals surface area contributed by atoms with Crippen LogP contribution in [0.25, 0.3) is 0 Å². The number of amides is 3. The van der Waals surface area contributed by atoms with Crippen LogP contribution in [0.4, 0.5) is 4.79 Å². The summed E-state index contributed by atoms with van der Waals surface area (Å²) in [7, 11) is 0. The Morgan fingerprint density at radius 2 is 1.87 bits per heavy atom. The van der Waals surface area contributed by atoms with Crippen LogP contribution in [0.5, 0.6) is 5.75 Å². The van der Waals surface area contributed by atoms with Crippen LogP contribution in [-0.4, -0.2) is 11.9 Å². The molecule has 2 aromatic carbocycles. The van der Waals surface area contributed by atoms with Crippen molar-refractivity contribution in [3.8, 4) is 5.75 Å². The number of aryl methyl sites for hydroxylation is 1. The number of rotatable bonds is 7. The number of carbonyl (C=O) groups excluding carboxylic acids is 2. The molecule has 2 heterocycles. The molecule has 0 bridgehead atoms. The minimum Gasteiger partial charge on any atom is -0.489 e. The predicted molar refractivity (Wildman–Crippen MR) is 118 cm³/mol. The largest absolute Gasteiger partial charge is 0.489 e. The zero-order valence-electron chi connectivity index (χ0n) is 17.6. The second-order valence-corrected chi connectivity index (χ2v) is 8.95. The molecule has 4 rings (SSSR count). The van der Waals surface area contributed by atoms with E-state index >= 15 is 0 Å². The molecule has 1 saturated heterocycles. The molecule has 7 heteroatoms. The Hall–Kier alpha value is -3.19. The predicted octanol–water partition coefficient (Wildman–Crippen LogP) is 5.01. The molecule has 1 aromatic heterocycles. The van der Waals surface area contributed by atoms with E-state index in [1.54, 1.807) is 6.26 Å². The summed E-state index contributed by atoms with van der Waals surface area (Å²) in [6.07, 6.45) is 1.54. The van der Waals surface area contributed by atoms with E-state index in [9.17, 15) is 9.59 Å². The van der Waals surface area contributed by atoms with Gasteiger partial charge in [0.05, 0.1) is 11.2 Å². The molecule has 1 atom stereocenters. The van der Waals surface area contributed by atoms with Gasteiger partial charge in [0, 0.05) is 4.90 Å². The first-order valence-corrected chi connectivity index (χ1v) is 10.9. The number of hydrogen-bond donors (Lipinski definition) is 2.